The van der Waals surface area contributed by atoms with Crippen molar-refractivity contribution in [2.45, 2.75) is 24.3 Å². The number of halogens is 1. The third-order valence-corrected chi connectivity index (χ3v) is 4.66. The number of methoxy groups -OCH3 is 1. The van der Waals surface area contributed by atoms with Gasteiger partial charge < -0.3 is 9.84 Å². The van der Waals surface area contributed by atoms with Crippen molar-refractivity contribution >= 4 is 32.6 Å². The predicted octanol–water partition coefficient (Wildman–Crippen LogP) is 1.35. The van der Waals surface area contributed by atoms with E-state index in [9.17, 15) is 8.42 Å². The molecule has 0 bridgehead atoms. The van der Waals surface area contributed by atoms with Crippen molar-refractivity contribution in [3.05, 3.63) is 21.8 Å². The van der Waals surface area contributed by atoms with Crippen molar-refractivity contribution in [3.63, 3.8) is 0 Å². The molecule has 1 rings (SSSR count). The average Bonchev–Trinajstić information content (AvgIpc) is 2.36. The standard InChI is InChI=1S/C11H16INO4S/c1-3-9(7-14)13-18(15,16)11-6-8(12)4-5-10(11)17-2/h4-6,9,13-14H,3,7H2,1-2H3/t9-/m1/s1. The van der Waals surface area contributed by atoms with Crippen LogP contribution < -0.4 is 9.46 Å². The monoisotopic (exact) mass is 385 g/mol. The summed E-state index contributed by atoms with van der Waals surface area (Å²) in [5.41, 5.74) is 0. The molecule has 5 nitrogen and oxygen atoms in total. The van der Waals surface area contributed by atoms with Crippen LogP contribution in [0, 0.1) is 3.57 Å². The Hall–Kier alpha value is -0.380. The van der Waals surface area contributed by atoms with Crippen LogP contribution in [0.5, 0.6) is 5.75 Å². The highest BCUT2D eigenvalue weighted by Gasteiger charge is 2.22. The molecule has 0 aliphatic rings. The van der Waals surface area contributed by atoms with E-state index in [2.05, 4.69) is 4.72 Å². The summed E-state index contributed by atoms with van der Waals surface area (Å²) < 4.78 is 32.7. The van der Waals surface area contributed by atoms with E-state index in [4.69, 9.17) is 9.84 Å². The lowest BCUT2D eigenvalue weighted by Gasteiger charge is -2.16. The van der Waals surface area contributed by atoms with Crippen LogP contribution in [0.1, 0.15) is 13.3 Å². The van der Waals surface area contributed by atoms with Crippen LogP contribution in [0.15, 0.2) is 23.1 Å². The topological polar surface area (TPSA) is 75.6 Å². The van der Waals surface area contributed by atoms with Crippen LogP contribution in [-0.2, 0) is 10.0 Å². The molecular weight excluding hydrogens is 369 g/mol. The molecule has 0 unspecified atom stereocenters. The quantitative estimate of drug-likeness (QED) is 0.725. The SMILES string of the molecule is CC[C@H](CO)NS(=O)(=O)c1cc(I)ccc1OC. The van der Waals surface area contributed by atoms with Gasteiger partial charge in [-0.15, -0.1) is 0 Å². The van der Waals surface area contributed by atoms with Crippen molar-refractivity contribution in [3.8, 4) is 5.75 Å². The highest BCUT2D eigenvalue weighted by atomic mass is 127. The van der Waals surface area contributed by atoms with Gasteiger partial charge in [-0.05, 0) is 47.2 Å². The van der Waals surface area contributed by atoms with Gasteiger partial charge in [-0.25, -0.2) is 13.1 Å². The van der Waals surface area contributed by atoms with E-state index in [0.29, 0.717) is 6.42 Å². The Kier molecular flexibility index (Phi) is 5.83. The highest BCUT2D eigenvalue weighted by Crippen LogP contribution is 2.25. The Morgan fingerprint density at radius 3 is 2.67 bits per heavy atom. The Labute approximate surface area is 121 Å². The number of ether oxygens (including phenoxy) is 1. The van der Waals surface area contributed by atoms with Gasteiger partial charge in [-0.2, -0.15) is 0 Å². The van der Waals surface area contributed by atoms with Crippen molar-refractivity contribution in [2.75, 3.05) is 13.7 Å². The molecule has 0 aliphatic carbocycles. The van der Waals surface area contributed by atoms with Gasteiger partial charge in [0, 0.05) is 9.61 Å². The van der Waals surface area contributed by atoms with Gasteiger partial charge in [0.1, 0.15) is 10.6 Å². The number of sulfonamides is 1. The van der Waals surface area contributed by atoms with Crippen LogP contribution in [0.3, 0.4) is 0 Å². The number of aliphatic hydroxyl groups excluding tert-OH is 1. The molecule has 0 aromatic heterocycles. The van der Waals surface area contributed by atoms with Crippen molar-refractivity contribution in [1.29, 1.82) is 0 Å². The minimum atomic E-state index is -3.69. The molecule has 0 heterocycles. The smallest absolute Gasteiger partial charge is 0.244 e. The van der Waals surface area contributed by atoms with Gasteiger partial charge in [0.2, 0.25) is 10.0 Å². The number of rotatable bonds is 6. The van der Waals surface area contributed by atoms with Gasteiger partial charge >= 0.3 is 0 Å². The zero-order chi connectivity index (χ0) is 13.8. The lowest BCUT2D eigenvalue weighted by molar-refractivity contribution is 0.253. The molecule has 18 heavy (non-hydrogen) atoms. The summed E-state index contributed by atoms with van der Waals surface area (Å²) in [7, 11) is -2.27. The molecule has 1 aromatic rings. The van der Waals surface area contributed by atoms with E-state index in [1.54, 1.807) is 19.1 Å². The van der Waals surface area contributed by atoms with E-state index < -0.39 is 16.1 Å². The molecule has 0 spiro atoms. The number of hydrogen-bond acceptors (Lipinski definition) is 4. The first kappa shape index (κ1) is 15.7. The number of nitrogens with one attached hydrogen (secondary N) is 1. The Balaban J connectivity index is 3.15. The van der Waals surface area contributed by atoms with Crippen LogP contribution in [0.4, 0.5) is 0 Å². The fraction of sp³-hybridized carbons (Fsp3) is 0.455. The molecule has 2 N–H and O–H groups in total. The molecule has 1 aromatic carbocycles. The van der Waals surface area contributed by atoms with E-state index in [0.717, 1.165) is 3.57 Å². The minimum absolute atomic E-state index is 0.0869. The molecule has 0 saturated heterocycles. The summed E-state index contributed by atoms with van der Waals surface area (Å²) in [6.45, 7) is 1.57. The Morgan fingerprint density at radius 1 is 1.50 bits per heavy atom. The lowest BCUT2D eigenvalue weighted by Crippen LogP contribution is -2.37. The largest absolute Gasteiger partial charge is 0.495 e. The van der Waals surface area contributed by atoms with Crippen LogP contribution >= 0.6 is 22.6 Å². The van der Waals surface area contributed by atoms with E-state index in [-0.39, 0.29) is 17.3 Å². The van der Waals surface area contributed by atoms with Crippen molar-refractivity contribution in [2.24, 2.45) is 0 Å². The Morgan fingerprint density at radius 2 is 2.17 bits per heavy atom. The molecule has 0 amide bonds. The van der Waals surface area contributed by atoms with Gasteiger partial charge in [0.15, 0.2) is 0 Å². The summed E-state index contributed by atoms with van der Waals surface area (Å²) >= 11 is 2.03. The second kappa shape index (κ2) is 6.69. The lowest BCUT2D eigenvalue weighted by atomic mass is 10.3. The number of benzene rings is 1. The summed E-state index contributed by atoms with van der Waals surface area (Å²) in [5, 5.41) is 9.06. The van der Waals surface area contributed by atoms with Crippen LogP contribution in [0.2, 0.25) is 0 Å². The summed E-state index contributed by atoms with van der Waals surface area (Å²) in [6.07, 6.45) is 0.516. The third-order valence-electron chi connectivity index (χ3n) is 2.45. The summed E-state index contributed by atoms with van der Waals surface area (Å²) in [5.74, 6) is 0.288. The number of aliphatic hydroxyl groups is 1. The molecule has 0 fully saturated rings. The fourth-order valence-electron chi connectivity index (χ4n) is 1.39. The summed E-state index contributed by atoms with van der Waals surface area (Å²) in [6, 6.07) is 4.42. The molecule has 0 aliphatic heterocycles. The van der Waals surface area contributed by atoms with E-state index in [1.165, 1.54) is 13.2 Å². The maximum atomic E-state index is 12.2. The predicted molar refractivity (Wildman–Crippen MR) is 77.2 cm³/mol. The second-order valence-corrected chi connectivity index (χ2v) is 6.63. The molecule has 0 radical (unpaired) electrons. The molecule has 7 heteroatoms. The minimum Gasteiger partial charge on any atom is -0.495 e. The van der Waals surface area contributed by atoms with Crippen LogP contribution in [0.25, 0.3) is 0 Å². The zero-order valence-electron chi connectivity index (χ0n) is 10.2. The average molecular weight is 385 g/mol. The highest BCUT2D eigenvalue weighted by molar-refractivity contribution is 14.1. The third kappa shape index (κ3) is 3.81. The first-order valence-corrected chi connectivity index (χ1v) is 7.97. The number of hydrogen-bond donors (Lipinski definition) is 2. The van der Waals surface area contributed by atoms with Gasteiger partial charge in [-0.1, -0.05) is 6.92 Å². The van der Waals surface area contributed by atoms with Gasteiger partial charge in [-0.3, -0.25) is 0 Å². The van der Waals surface area contributed by atoms with E-state index in [1.807, 2.05) is 22.6 Å². The van der Waals surface area contributed by atoms with Gasteiger partial charge in [0.25, 0.3) is 0 Å². The molecule has 0 saturated carbocycles. The maximum Gasteiger partial charge on any atom is 0.244 e. The summed E-state index contributed by atoms with van der Waals surface area (Å²) in [4.78, 5) is 0.0869. The van der Waals surface area contributed by atoms with Crippen LogP contribution in [-0.4, -0.2) is 33.3 Å². The van der Waals surface area contributed by atoms with E-state index >= 15 is 0 Å². The molecular formula is C11H16INO4S. The maximum absolute atomic E-state index is 12.2. The first-order valence-electron chi connectivity index (χ1n) is 5.41. The van der Waals surface area contributed by atoms with Gasteiger partial charge in [0.05, 0.1) is 13.7 Å². The first-order chi connectivity index (χ1) is 8.44. The normalized spacial score (nSPS) is 13.3. The fourth-order valence-corrected chi connectivity index (χ4v) is 3.60. The molecule has 102 valence electrons. The molecule has 1 atom stereocenters. The van der Waals surface area contributed by atoms with Crippen molar-refractivity contribution in [1.82, 2.24) is 4.72 Å². The Bertz CT molecular complexity index is 500. The van der Waals surface area contributed by atoms with Crippen molar-refractivity contribution < 1.29 is 18.3 Å². The second-order valence-electron chi connectivity index (χ2n) is 3.70. The zero-order valence-corrected chi connectivity index (χ0v) is 13.2.